The normalized spacial score (nSPS) is 10.2. The van der Waals surface area contributed by atoms with Crippen molar-refractivity contribution in [3.8, 4) is 5.75 Å². The molecule has 0 unspecified atom stereocenters. The molecule has 0 atom stereocenters. The Morgan fingerprint density at radius 2 is 1.94 bits per heavy atom. The highest BCUT2D eigenvalue weighted by molar-refractivity contribution is 9.09. The van der Waals surface area contributed by atoms with Gasteiger partial charge in [-0.3, -0.25) is 0 Å². The second-order valence-corrected chi connectivity index (χ2v) is 5.08. The number of esters is 1. The number of rotatable bonds is 6. The van der Waals surface area contributed by atoms with E-state index in [1.807, 2.05) is 0 Å². The van der Waals surface area contributed by atoms with Gasteiger partial charge in [0.15, 0.2) is 5.75 Å². The Morgan fingerprint density at radius 1 is 1.28 bits per heavy atom. The molecule has 0 amide bonds. The Kier molecular flexibility index (Phi) is 6.82. The zero-order valence-electron chi connectivity index (χ0n) is 9.84. The summed E-state index contributed by atoms with van der Waals surface area (Å²) < 4.78 is 10.2. The van der Waals surface area contributed by atoms with Crippen LogP contribution in [0.2, 0.25) is 10.0 Å². The van der Waals surface area contributed by atoms with Gasteiger partial charge < -0.3 is 9.47 Å². The molecular formula is C12H13BrCl2O3. The first-order valence-electron chi connectivity index (χ1n) is 5.37. The summed E-state index contributed by atoms with van der Waals surface area (Å²) in [5.74, 6) is -0.274. The molecule has 0 aromatic heterocycles. The van der Waals surface area contributed by atoms with Gasteiger partial charge in [0.05, 0.1) is 23.8 Å². The number of alkyl halides is 1. The van der Waals surface area contributed by atoms with Crippen LogP contribution < -0.4 is 4.74 Å². The fraction of sp³-hybridized carbons (Fsp3) is 0.417. The summed E-state index contributed by atoms with van der Waals surface area (Å²) in [5.41, 5.74) is 0.172. The van der Waals surface area contributed by atoms with E-state index in [1.165, 1.54) is 7.11 Å². The van der Waals surface area contributed by atoms with Crippen molar-refractivity contribution in [1.29, 1.82) is 0 Å². The van der Waals surface area contributed by atoms with Crippen molar-refractivity contribution in [2.24, 2.45) is 0 Å². The number of carbonyl (C=O) groups is 1. The predicted molar refractivity (Wildman–Crippen MR) is 76.3 cm³/mol. The molecule has 0 spiro atoms. The van der Waals surface area contributed by atoms with Crippen LogP contribution in [0.3, 0.4) is 0 Å². The molecule has 3 nitrogen and oxygen atoms in total. The Hall–Kier alpha value is -0.450. The lowest BCUT2D eigenvalue weighted by atomic mass is 10.2. The minimum Gasteiger partial charge on any atom is -0.494 e. The SMILES string of the molecule is COc1c(Cl)ccc(Cl)c1C(=O)OCCCCBr. The van der Waals surface area contributed by atoms with Crippen LogP contribution in [0.4, 0.5) is 0 Å². The highest BCUT2D eigenvalue weighted by Crippen LogP contribution is 2.34. The summed E-state index contributed by atoms with van der Waals surface area (Å²) in [6, 6.07) is 3.12. The first-order valence-corrected chi connectivity index (χ1v) is 7.24. The Labute approximate surface area is 124 Å². The fourth-order valence-electron chi connectivity index (χ4n) is 1.36. The van der Waals surface area contributed by atoms with E-state index in [-0.39, 0.29) is 16.3 Å². The second kappa shape index (κ2) is 7.87. The van der Waals surface area contributed by atoms with Crippen LogP contribution in [-0.4, -0.2) is 25.0 Å². The van der Waals surface area contributed by atoms with Gasteiger partial charge in [-0.25, -0.2) is 4.79 Å². The standard InChI is InChI=1S/C12H13BrCl2O3/c1-17-11-9(15)5-4-8(14)10(11)12(16)18-7-3-2-6-13/h4-5H,2-3,6-7H2,1H3. The third-order valence-corrected chi connectivity index (χ3v) is 3.40. The van der Waals surface area contributed by atoms with Crippen LogP contribution in [0.15, 0.2) is 12.1 Å². The molecule has 0 heterocycles. The van der Waals surface area contributed by atoms with Gasteiger partial charge in [0.2, 0.25) is 0 Å². The number of methoxy groups -OCH3 is 1. The van der Waals surface area contributed by atoms with Gasteiger partial charge in [0, 0.05) is 5.33 Å². The molecule has 18 heavy (non-hydrogen) atoms. The second-order valence-electron chi connectivity index (χ2n) is 3.47. The molecule has 0 saturated carbocycles. The lowest BCUT2D eigenvalue weighted by Gasteiger charge is -2.11. The zero-order valence-corrected chi connectivity index (χ0v) is 12.9. The maximum atomic E-state index is 11.9. The summed E-state index contributed by atoms with van der Waals surface area (Å²) in [4.78, 5) is 11.9. The molecule has 1 rings (SSSR count). The van der Waals surface area contributed by atoms with E-state index >= 15 is 0 Å². The average molecular weight is 356 g/mol. The van der Waals surface area contributed by atoms with E-state index in [4.69, 9.17) is 32.7 Å². The molecular weight excluding hydrogens is 343 g/mol. The molecule has 100 valence electrons. The average Bonchev–Trinajstić information content (AvgIpc) is 2.36. The van der Waals surface area contributed by atoms with Gasteiger partial charge in [-0.15, -0.1) is 0 Å². The van der Waals surface area contributed by atoms with Crippen molar-refractivity contribution in [2.75, 3.05) is 19.0 Å². The van der Waals surface area contributed by atoms with Crippen LogP contribution in [0, 0.1) is 0 Å². The largest absolute Gasteiger partial charge is 0.494 e. The molecule has 1 aromatic carbocycles. The highest BCUT2D eigenvalue weighted by Gasteiger charge is 2.20. The maximum Gasteiger partial charge on any atom is 0.343 e. The molecule has 6 heteroatoms. The van der Waals surface area contributed by atoms with E-state index in [1.54, 1.807) is 12.1 Å². The van der Waals surface area contributed by atoms with E-state index in [0.29, 0.717) is 11.6 Å². The molecule has 0 fully saturated rings. The van der Waals surface area contributed by atoms with E-state index < -0.39 is 5.97 Å². The van der Waals surface area contributed by atoms with Gasteiger partial charge in [-0.2, -0.15) is 0 Å². The smallest absolute Gasteiger partial charge is 0.343 e. The van der Waals surface area contributed by atoms with E-state index in [2.05, 4.69) is 15.9 Å². The molecule has 0 bridgehead atoms. The van der Waals surface area contributed by atoms with E-state index in [0.717, 1.165) is 18.2 Å². The van der Waals surface area contributed by atoms with Crippen LogP contribution in [0.1, 0.15) is 23.2 Å². The first-order chi connectivity index (χ1) is 8.61. The summed E-state index contributed by atoms with van der Waals surface area (Å²) in [7, 11) is 1.43. The molecule has 0 N–H and O–H groups in total. The Balaban J connectivity index is 2.81. The van der Waals surface area contributed by atoms with E-state index in [9.17, 15) is 4.79 Å². The van der Waals surface area contributed by atoms with Crippen LogP contribution >= 0.6 is 39.1 Å². The van der Waals surface area contributed by atoms with Crippen molar-refractivity contribution in [3.05, 3.63) is 27.7 Å². The molecule has 0 radical (unpaired) electrons. The number of halogens is 3. The molecule has 0 aliphatic rings. The van der Waals surface area contributed by atoms with Gasteiger partial charge in [-0.1, -0.05) is 39.1 Å². The number of hydrogen-bond acceptors (Lipinski definition) is 3. The topological polar surface area (TPSA) is 35.5 Å². The predicted octanol–water partition coefficient (Wildman–Crippen LogP) is 4.33. The van der Waals surface area contributed by atoms with Gasteiger partial charge in [0.1, 0.15) is 5.56 Å². The number of benzene rings is 1. The van der Waals surface area contributed by atoms with Crippen molar-refractivity contribution in [3.63, 3.8) is 0 Å². The zero-order chi connectivity index (χ0) is 13.5. The minimum absolute atomic E-state index is 0.172. The van der Waals surface area contributed by atoms with Crippen molar-refractivity contribution in [1.82, 2.24) is 0 Å². The minimum atomic E-state index is -0.520. The third-order valence-electron chi connectivity index (χ3n) is 2.23. The monoisotopic (exact) mass is 354 g/mol. The fourth-order valence-corrected chi connectivity index (χ4v) is 2.21. The number of unbranched alkanes of at least 4 members (excludes halogenated alkanes) is 1. The Morgan fingerprint density at radius 3 is 2.56 bits per heavy atom. The summed E-state index contributed by atoms with van der Waals surface area (Å²) >= 11 is 15.2. The summed E-state index contributed by atoms with van der Waals surface area (Å²) in [5, 5.41) is 1.47. The number of ether oxygens (including phenoxy) is 2. The van der Waals surface area contributed by atoms with Crippen LogP contribution in [0.5, 0.6) is 5.75 Å². The lowest BCUT2D eigenvalue weighted by molar-refractivity contribution is 0.0496. The first kappa shape index (κ1) is 15.6. The summed E-state index contributed by atoms with van der Waals surface area (Å²) in [6.07, 6.45) is 1.73. The van der Waals surface area contributed by atoms with Crippen LogP contribution in [-0.2, 0) is 4.74 Å². The van der Waals surface area contributed by atoms with Crippen LogP contribution in [0.25, 0.3) is 0 Å². The van der Waals surface area contributed by atoms with Gasteiger partial charge in [-0.05, 0) is 25.0 Å². The summed E-state index contributed by atoms with van der Waals surface area (Å²) in [6.45, 7) is 0.344. The molecule has 0 saturated heterocycles. The third kappa shape index (κ3) is 4.04. The highest BCUT2D eigenvalue weighted by atomic mass is 79.9. The Bertz CT molecular complexity index is 424. The molecule has 0 aliphatic carbocycles. The molecule has 1 aromatic rings. The number of carbonyl (C=O) groups excluding carboxylic acids is 1. The van der Waals surface area contributed by atoms with Gasteiger partial charge >= 0.3 is 5.97 Å². The quantitative estimate of drug-likeness (QED) is 0.432. The lowest BCUT2D eigenvalue weighted by Crippen LogP contribution is -2.09. The van der Waals surface area contributed by atoms with Crippen molar-refractivity contribution < 1.29 is 14.3 Å². The molecule has 0 aliphatic heterocycles. The van der Waals surface area contributed by atoms with Gasteiger partial charge in [0.25, 0.3) is 0 Å². The maximum absolute atomic E-state index is 11.9. The van der Waals surface area contributed by atoms with Crippen molar-refractivity contribution in [2.45, 2.75) is 12.8 Å². The van der Waals surface area contributed by atoms with Crippen molar-refractivity contribution >= 4 is 45.1 Å². The number of hydrogen-bond donors (Lipinski definition) is 0.